The van der Waals surface area contributed by atoms with Crippen molar-refractivity contribution in [3.05, 3.63) is 77.4 Å². The molecule has 2 heterocycles. The molecule has 28 heavy (non-hydrogen) atoms. The average molecular weight is 390 g/mol. The van der Waals surface area contributed by atoms with Crippen LogP contribution >= 0.6 is 11.8 Å². The van der Waals surface area contributed by atoms with Gasteiger partial charge in [-0.25, -0.2) is 4.99 Å². The molecule has 0 atom stereocenters. The number of carbonyl (C=O) groups is 1. The van der Waals surface area contributed by atoms with Crippen molar-refractivity contribution in [3.8, 4) is 17.1 Å². The molecule has 1 aliphatic rings. The van der Waals surface area contributed by atoms with Gasteiger partial charge in [0.15, 0.2) is 5.17 Å². The first-order chi connectivity index (χ1) is 13.6. The lowest BCUT2D eigenvalue weighted by Crippen LogP contribution is -2.23. The molecule has 1 aromatic heterocycles. The zero-order valence-electron chi connectivity index (χ0n) is 15.5. The normalized spacial score (nSPS) is 16.9. The summed E-state index contributed by atoms with van der Waals surface area (Å²) in [5, 5.41) is 0.643. The lowest BCUT2D eigenvalue weighted by atomic mass is 10.2. The summed E-state index contributed by atoms with van der Waals surface area (Å²) in [4.78, 5) is 19.2. The third-order valence-corrected chi connectivity index (χ3v) is 5.32. The second-order valence-corrected chi connectivity index (χ2v) is 7.14. The third-order valence-electron chi connectivity index (χ3n) is 4.26. The average Bonchev–Trinajstić information content (AvgIpc) is 3.30. The van der Waals surface area contributed by atoms with Crippen LogP contribution < -0.4 is 4.74 Å². The van der Waals surface area contributed by atoms with Crippen LogP contribution in [0.3, 0.4) is 0 Å². The van der Waals surface area contributed by atoms with Gasteiger partial charge in [0, 0.05) is 18.7 Å². The maximum atomic E-state index is 12.6. The van der Waals surface area contributed by atoms with Crippen molar-refractivity contribution in [2.24, 2.45) is 4.99 Å². The predicted octanol–water partition coefficient (Wildman–Crippen LogP) is 5.19. The number of hydrogen-bond donors (Lipinski definition) is 0. The summed E-state index contributed by atoms with van der Waals surface area (Å²) in [6.07, 6.45) is 1.75. The van der Waals surface area contributed by atoms with Gasteiger partial charge in [0.25, 0.3) is 5.91 Å². The van der Waals surface area contributed by atoms with Gasteiger partial charge in [-0.2, -0.15) is 0 Å². The summed E-state index contributed by atoms with van der Waals surface area (Å²) in [6, 6.07) is 21.0. The summed E-state index contributed by atoms with van der Waals surface area (Å²) < 4.78 is 11.1. The van der Waals surface area contributed by atoms with Gasteiger partial charge >= 0.3 is 0 Å². The number of thioether (sulfide) groups is 1. The van der Waals surface area contributed by atoms with Crippen LogP contribution in [0.1, 0.15) is 5.76 Å². The Labute approximate surface area is 167 Å². The summed E-state index contributed by atoms with van der Waals surface area (Å²) in [7, 11) is 3.36. The van der Waals surface area contributed by atoms with Crippen molar-refractivity contribution in [2.45, 2.75) is 0 Å². The second kappa shape index (κ2) is 7.78. The summed E-state index contributed by atoms with van der Waals surface area (Å²) in [5.41, 5.74) is 1.75. The molecule has 0 spiro atoms. The summed E-state index contributed by atoms with van der Waals surface area (Å²) in [6.45, 7) is 0. The molecule has 3 aromatic rings. The lowest BCUT2D eigenvalue weighted by molar-refractivity contribution is -0.121. The first-order valence-electron chi connectivity index (χ1n) is 8.69. The van der Waals surface area contributed by atoms with Gasteiger partial charge in [0.1, 0.15) is 17.3 Å². The Morgan fingerprint density at radius 3 is 2.50 bits per heavy atom. The van der Waals surface area contributed by atoms with Crippen LogP contribution in [0.2, 0.25) is 0 Å². The maximum absolute atomic E-state index is 12.6. The molecule has 6 heteroatoms. The highest BCUT2D eigenvalue weighted by atomic mass is 32.2. The largest absolute Gasteiger partial charge is 0.497 e. The summed E-state index contributed by atoms with van der Waals surface area (Å²) in [5.74, 6) is 2.05. The van der Waals surface area contributed by atoms with Crippen molar-refractivity contribution in [1.82, 2.24) is 4.90 Å². The fourth-order valence-corrected chi connectivity index (χ4v) is 3.70. The Morgan fingerprint density at radius 1 is 1.04 bits per heavy atom. The van der Waals surface area contributed by atoms with Crippen molar-refractivity contribution < 1.29 is 13.9 Å². The SMILES string of the molecule is COc1ccc(-c2ccc(/C=C3\SC(=Nc4ccccc4)N(C)C3=O)o2)cc1. The van der Waals surface area contributed by atoms with Gasteiger partial charge < -0.3 is 9.15 Å². The molecule has 0 radical (unpaired) electrons. The molecule has 140 valence electrons. The van der Waals surface area contributed by atoms with Crippen LogP contribution in [-0.4, -0.2) is 30.1 Å². The van der Waals surface area contributed by atoms with E-state index < -0.39 is 0 Å². The Bertz CT molecular complexity index is 1050. The van der Waals surface area contributed by atoms with Crippen molar-refractivity contribution in [2.75, 3.05) is 14.2 Å². The number of furan rings is 1. The number of ether oxygens (including phenoxy) is 1. The lowest BCUT2D eigenvalue weighted by Gasteiger charge is -2.06. The van der Waals surface area contributed by atoms with E-state index >= 15 is 0 Å². The van der Waals surface area contributed by atoms with Crippen LogP contribution in [0.15, 0.2) is 81.0 Å². The zero-order chi connectivity index (χ0) is 19.5. The van der Waals surface area contributed by atoms with E-state index in [4.69, 9.17) is 9.15 Å². The minimum Gasteiger partial charge on any atom is -0.497 e. The van der Waals surface area contributed by atoms with E-state index in [1.165, 1.54) is 11.8 Å². The number of benzene rings is 2. The minimum absolute atomic E-state index is 0.0953. The van der Waals surface area contributed by atoms with E-state index in [-0.39, 0.29) is 5.91 Å². The monoisotopic (exact) mass is 390 g/mol. The van der Waals surface area contributed by atoms with Crippen LogP contribution in [0.25, 0.3) is 17.4 Å². The van der Waals surface area contributed by atoms with Crippen LogP contribution in [0.5, 0.6) is 5.75 Å². The molecule has 0 bridgehead atoms. The molecule has 0 N–H and O–H groups in total. The molecule has 1 aliphatic heterocycles. The van der Waals surface area contributed by atoms with Crippen molar-refractivity contribution in [1.29, 1.82) is 0 Å². The predicted molar refractivity (Wildman–Crippen MR) is 113 cm³/mol. The number of hydrogen-bond acceptors (Lipinski definition) is 5. The van der Waals surface area contributed by atoms with Crippen LogP contribution in [0.4, 0.5) is 5.69 Å². The molecule has 0 unspecified atom stereocenters. The van der Waals surface area contributed by atoms with Gasteiger partial charge in [-0.1, -0.05) is 18.2 Å². The molecule has 4 rings (SSSR count). The van der Waals surface area contributed by atoms with E-state index in [0.717, 1.165) is 22.8 Å². The molecule has 1 saturated heterocycles. The highest BCUT2D eigenvalue weighted by molar-refractivity contribution is 8.18. The molecule has 0 aliphatic carbocycles. The number of amides is 1. The molecule has 0 saturated carbocycles. The topological polar surface area (TPSA) is 55.0 Å². The Hall–Kier alpha value is -3.25. The highest BCUT2D eigenvalue weighted by Crippen LogP contribution is 2.34. The van der Waals surface area contributed by atoms with Gasteiger partial charge in [0.2, 0.25) is 0 Å². The van der Waals surface area contributed by atoms with Gasteiger partial charge in [-0.15, -0.1) is 0 Å². The summed E-state index contributed by atoms with van der Waals surface area (Å²) >= 11 is 1.34. The van der Waals surface area contributed by atoms with E-state index in [9.17, 15) is 4.79 Å². The van der Waals surface area contributed by atoms with E-state index in [0.29, 0.717) is 15.8 Å². The van der Waals surface area contributed by atoms with Crippen molar-refractivity contribution >= 4 is 34.6 Å². The van der Waals surface area contributed by atoms with Crippen molar-refractivity contribution in [3.63, 3.8) is 0 Å². The fraction of sp³-hybridized carbons (Fsp3) is 0.0909. The molecule has 5 nitrogen and oxygen atoms in total. The minimum atomic E-state index is -0.0953. The Kier molecular flexibility index (Phi) is 5.04. The smallest absolute Gasteiger partial charge is 0.266 e. The number of methoxy groups -OCH3 is 1. The molecule has 1 amide bonds. The Morgan fingerprint density at radius 2 is 1.79 bits per heavy atom. The number of aliphatic imine (C=N–C) groups is 1. The Balaban J connectivity index is 1.56. The number of likely N-dealkylation sites (N-methyl/N-ethyl adjacent to an activating group) is 1. The molecule has 2 aromatic carbocycles. The number of rotatable bonds is 4. The number of amidine groups is 1. The zero-order valence-corrected chi connectivity index (χ0v) is 16.3. The first-order valence-corrected chi connectivity index (χ1v) is 9.51. The second-order valence-electron chi connectivity index (χ2n) is 6.14. The van der Waals surface area contributed by atoms with E-state index in [1.54, 1.807) is 25.1 Å². The molecular weight excluding hydrogens is 372 g/mol. The number of carbonyl (C=O) groups excluding carboxylic acids is 1. The molecular formula is C22H18N2O3S. The number of para-hydroxylation sites is 1. The van der Waals surface area contributed by atoms with Crippen LogP contribution in [0, 0.1) is 0 Å². The van der Waals surface area contributed by atoms with Gasteiger partial charge in [0.05, 0.1) is 17.7 Å². The fourth-order valence-electron chi connectivity index (χ4n) is 2.73. The highest BCUT2D eigenvalue weighted by Gasteiger charge is 2.30. The van der Waals surface area contributed by atoms with Gasteiger partial charge in [-0.3, -0.25) is 9.69 Å². The number of nitrogens with zero attached hydrogens (tertiary/aromatic N) is 2. The first kappa shape index (κ1) is 18.1. The maximum Gasteiger partial charge on any atom is 0.266 e. The van der Waals surface area contributed by atoms with E-state index in [2.05, 4.69) is 4.99 Å². The third kappa shape index (κ3) is 3.73. The standard InChI is InChI=1S/C22H18N2O3S/c1-24-21(25)20(28-22(24)23-16-6-4-3-5-7-16)14-18-12-13-19(27-18)15-8-10-17(26-2)11-9-15/h3-14H,1-2H3/b20-14-,23-22?. The van der Waals surface area contributed by atoms with Gasteiger partial charge in [-0.05, 0) is 60.3 Å². The quantitative estimate of drug-likeness (QED) is 0.575. The van der Waals surface area contributed by atoms with E-state index in [1.807, 2.05) is 66.7 Å². The van der Waals surface area contributed by atoms with Crippen LogP contribution in [-0.2, 0) is 4.79 Å². The molecule has 1 fully saturated rings.